The van der Waals surface area contributed by atoms with Gasteiger partial charge in [-0.3, -0.25) is 0 Å². The zero-order valence-corrected chi connectivity index (χ0v) is 9.00. The Bertz CT molecular complexity index is 349. The summed E-state index contributed by atoms with van der Waals surface area (Å²) >= 11 is 0. The molecule has 0 aliphatic carbocycles. The van der Waals surface area contributed by atoms with E-state index in [0.29, 0.717) is 5.92 Å². The van der Waals surface area contributed by atoms with Crippen LogP contribution in [-0.2, 0) is 6.42 Å². The van der Waals surface area contributed by atoms with E-state index in [0.717, 1.165) is 36.6 Å². The van der Waals surface area contributed by atoms with Crippen LogP contribution < -0.4 is 4.74 Å². The molecule has 0 N–H and O–H groups in total. The molecule has 0 fully saturated rings. The maximum absolute atomic E-state index is 5.63. The molecule has 0 amide bonds. The summed E-state index contributed by atoms with van der Waals surface area (Å²) in [6.07, 6.45) is 2.06. The van der Waals surface area contributed by atoms with Crippen LogP contribution in [0.3, 0.4) is 0 Å². The lowest BCUT2D eigenvalue weighted by Gasteiger charge is -2.12. The Balaban J connectivity index is 2.48. The summed E-state index contributed by atoms with van der Waals surface area (Å²) in [4.78, 5) is 0. The van der Waals surface area contributed by atoms with E-state index < -0.39 is 0 Å². The molecule has 3 heteroatoms. The number of fused-ring (bicyclic) bond motifs is 1. The normalized spacial score (nSPS) is 16.2. The summed E-state index contributed by atoms with van der Waals surface area (Å²) in [5.41, 5.74) is 3.31. The van der Waals surface area contributed by atoms with Crippen LogP contribution >= 0.6 is 0 Å². The molecule has 0 aromatic carbocycles. The highest BCUT2D eigenvalue weighted by molar-refractivity contribution is 5.43. The van der Waals surface area contributed by atoms with Crippen molar-refractivity contribution < 1.29 is 4.74 Å². The average molecular weight is 192 g/mol. The topological polar surface area (TPSA) is 35.0 Å². The van der Waals surface area contributed by atoms with Gasteiger partial charge in [-0.05, 0) is 13.3 Å². The number of nitrogens with zero attached hydrogens (tertiary/aromatic N) is 2. The van der Waals surface area contributed by atoms with Gasteiger partial charge in [-0.15, -0.1) is 0 Å². The predicted molar refractivity (Wildman–Crippen MR) is 54.7 cm³/mol. The first kappa shape index (κ1) is 9.44. The molecule has 2 rings (SSSR count). The minimum Gasteiger partial charge on any atom is -0.491 e. The van der Waals surface area contributed by atoms with Crippen molar-refractivity contribution >= 4 is 0 Å². The second-order valence-electron chi connectivity index (χ2n) is 3.89. The zero-order valence-electron chi connectivity index (χ0n) is 9.00. The van der Waals surface area contributed by atoms with Crippen molar-refractivity contribution in [3.8, 4) is 5.75 Å². The molecule has 0 bridgehead atoms. The molecule has 14 heavy (non-hydrogen) atoms. The van der Waals surface area contributed by atoms with Crippen molar-refractivity contribution in [2.45, 2.75) is 39.5 Å². The fraction of sp³-hybridized carbons (Fsp3) is 0.636. The van der Waals surface area contributed by atoms with Crippen LogP contribution in [0.5, 0.6) is 5.75 Å². The summed E-state index contributed by atoms with van der Waals surface area (Å²) in [6, 6.07) is 0. The second kappa shape index (κ2) is 3.56. The zero-order chi connectivity index (χ0) is 10.1. The highest BCUT2D eigenvalue weighted by Crippen LogP contribution is 2.34. The minimum atomic E-state index is 0.440. The molecule has 1 aromatic heterocycles. The lowest BCUT2D eigenvalue weighted by Crippen LogP contribution is -2.03. The van der Waals surface area contributed by atoms with Gasteiger partial charge in [-0.1, -0.05) is 13.8 Å². The number of rotatable bonds is 2. The van der Waals surface area contributed by atoms with Gasteiger partial charge in [-0.25, -0.2) is 0 Å². The summed E-state index contributed by atoms with van der Waals surface area (Å²) in [5, 5.41) is 8.44. The Labute approximate surface area is 84.5 Å². The van der Waals surface area contributed by atoms with Crippen molar-refractivity contribution in [2.24, 2.45) is 0 Å². The van der Waals surface area contributed by atoms with Crippen LogP contribution in [0.1, 0.15) is 43.1 Å². The van der Waals surface area contributed by atoms with Crippen LogP contribution in [0, 0.1) is 6.92 Å². The second-order valence-corrected chi connectivity index (χ2v) is 3.89. The molecule has 1 aliphatic rings. The van der Waals surface area contributed by atoms with Crippen LogP contribution in [0.25, 0.3) is 0 Å². The number of ether oxygens (including phenoxy) is 1. The summed E-state index contributed by atoms with van der Waals surface area (Å²) in [7, 11) is 0. The molecule has 3 nitrogen and oxygen atoms in total. The molecule has 0 spiro atoms. The highest BCUT2D eigenvalue weighted by Gasteiger charge is 2.23. The Kier molecular flexibility index (Phi) is 2.40. The third-order valence-corrected chi connectivity index (χ3v) is 2.93. The van der Waals surface area contributed by atoms with Gasteiger partial charge in [0.05, 0.1) is 12.3 Å². The molecule has 1 aromatic rings. The van der Waals surface area contributed by atoms with Gasteiger partial charge in [0.2, 0.25) is 0 Å². The maximum atomic E-state index is 5.63. The summed E-state index contributed by atoms with van der Waals surface area (Å²) in [5.74, 6) is 1.45. The summed E-state index contributed by atoms with van der Waals surface area (Å²) in [6.45, 7) is 7.11. The van der Waals surface area contributed by atoms with Gasteiger partial charge < -0.3 is 4.74 Å². The number of hydrogen-bond acceptors (Lipinski definition) is 3. The molecule has 1 aliphatic heterocycles. The fourth-order valence-corrected chi connectivity index (χ4v) is 1.78. The van der Waals surface area contributed by atoms with E-state index in [1.165, 1.54) is 5.56 Å². The van der Waals surface area contributed by atoms with Crippen molar-refractivity contribution in [1.29, 1.82) is 0 Å². The largest absolute Gasteiger partial charge is 0.491 e. The Morgan fingerprint density at radius 1 is 1.43 bits per heavy atom. The fourth-order valence-electron chi connectivity index (χ4n) is 1.78. The Hall–Kier alpha value is -1.12. The van der Waals surface area contributed by atoms with E-state index in [4.69, 9.17) is 4.74 Å². The van der Waals surface area contributed by atoms with Crippen molar-refractivity contribution in [3.63, 3.8) is 0 Å². The predicted octanol–water partition coefficient (Wildman–Crippen LogP) is 2.23. The lowest BCUT2D eigenvalue weighted by molar-refractivity contribution is 0.348. The molecule has 1 atom stereocenters. The third kappa shape index (κ3) is 1.37. The lowest BCUT2D eigenvalue weighted by atomic mass is 10.0. The van der Waals surface area contributed by atoms with Gasteiger partial charge in [0, 0.05) is 17.9 Å². The number of aromatic nitrogens is 2. The van der Waals surface area contributed by atoms with E-state index in [1.54, 1.807) is 0 Å². The molecule has 1 unspecified atom stereocenters. The van der Waals surface area contributed by atoms with E-state index in [-0.39, 0.29) is 0 Å². The van der Waals surface area contributed by atoms with Gasteiger partial charge in [0.1, 0.15) is 11.4 Å². The molecular formula is C11H16N2O. The number of hydrogen-bond donors (Lipinski definition) is 0. The Morgan fingerprint density at radius 2 is 2.21 bits per heavy atom. The summed E-state index contributed by atoms with van der Waals surface area (Å²) < 4.78 is 5.63. The molecule has 0 radical (unpaired) electrons. The standard InChI is InChI=1S/C11H16N2O/c1-4-7(2)10-11-9(5-6-14-11)8(3)12-13-10/h7H,4-6H2,1-3H3. The number of aryl methyl sites for hydroxylation is 1. The van der Waals surface area contributed by atoms with E-state index in [9.17, 15) is 0 Å². The smallest absolute Gasteiger partial charge is 0.148 e. The molecular weight excluding hydrogens is 176 g/mol. The first-order valence-electron chi connectivity index (χ1n) is 5.22. The van der Waals surface area contributed by atoms with E-state index in [1.807, 2.05) is 6.92 Å². The van der Waals surface area contributed by atoms with Crippen molar-refractivity contribution in [2.75, 3.05) is 6.61 Å². The highest BCUT2D eigenvalue weighted by atomic mass is 16.5. The van der Waals surface area contributed by atoms with Gasteiger partial charge >= 0.3 is 0 Å². The quantitative estimate of drug-likeness (QED) is 0.720. The van der Waals surface area contributed by atoms with Crippen LogP contribution in [0.15, 0.2) is 0 Å². The Morgan fingerprint density at radius 3 is 2.93 bits per heavy atom. The molecule has 76 valence electrons. The molecule has 2 heterocycles. The van der Waals surface area contributed by atoms with Gasteiger partial charge in [-0.2, -0.15) is 10.2 Å². The first-order valence-corrected chi connectivity index (χ1v) is 5.22. The first-order chi connectivity index (χ1) is 6.74. The molecule has 0 saturated heterocycles. The van der Waals surface area contributed by atoms with Crippen molar-refractivity contribution in [1.82, 2.24) is 10.2 Å². The van der Waals surface area contributed by atoms with Gasteiger partial charge in [0.25, 0.3) is 0 Å². The monoisotopic (exact) mass is 192 g/mol. The van der Waals surface area contributed by atoms with Crippen LogP contribution in [0.2, 0.25) is 0 Å². The van der Waals surface area contributed by atoms with E-state index in [2.05, 4.69) is 24.0 Å². The van der Waals surface area contributed by atoms with E-state index >= 15 is 0 Å². The maximum Gasteiger partial charge on any atom is 0.148 e. The SMILES string of the molecule is CCC(C)c1nnc(C)c2c1OCC2. The third-order valence-electron chi connectivity index (χ3n) is 2.93. The van der Waals surface area contributed by atoms with Crippen LogP contribution in [-0.4, -0.2) is 16.8 Å². The van der Waals surface area contributed by atoms with Gasteiger partial charge in [0.15, 0.2) is 0 Å². The average Bonchev–Trinajstić information content (AvgIpc) is 2.67. The minimum absolute atomic E-state index is 0.440. The van der Waals surface area contributed by atoms with Crippen molar-refractivity contribution in [3.05, 3.63) is 17.0 Å². The molecule has 0 saturated carbocycles. The van der Waals surface area contributed by atoms with Crippen LogP contribution in [0.4, 0.5) is 0 Å².